The van der Waals surface area contributed by atoms with E-state index in [0.29, 0.717) is 6.04 Å². The number of hydrogen-bond donors (Lipinski definition) is 0. The predicted molar refractivity (Wildman–Crippen MR) is 83.3 cm³/mol. The highest BCUT2D eigenvalue weighted by Gasteiger charge is 2.25. The molecular formula is C16H19FN2OS. The van der Waals surface area contributed by atoms with Gasteiger partial charge in [-0.25, -0.2) is 4.39 Å². The molecule has 1 saturated heterocycles. The van der Waals surface area contributed by atoms with Crippen LogP contribution < -0.4 is 4.87 Å². The van der Waals surface area contributed by atoms with Gasteiger partial charge in [0, 0.05) is 30.2 Å². The molecular weight excluding hydrogens is 287 g/mol. The molecule has 1 atom stereocenters. The number of hydrogen-bond acceptors (Lipinski definition) is 3. The van der Waals surface area contributed by atoms with E-state index in [9.17, 15) is 9.18 Å². The van der Waals surface area contributed by atoms with Crippen molar-refractivity contribution in [3.8, 4) is 0 Å². The molecule has 21 heavy (non-hydrogen) atoms. The van der Waals surface area contributed by atoms with Gasteiger partial charge in [0.15, 0.2) is 0 Å². The molecule has 1 fully saturated rings. The van der Waals surface area contributed by atoms with Gasteiger partial charge in [0.25, 0.3) is 0 Å². The number of likely N-dealkylation sites (tertiary alicyclic amines) is 1. The largest absolute Gasteiger partial charge is 0.307 e. The van der Waals surface area contributed by atoms with Crippen LogP contribution in [0.25, 0.3) is 0 Å². The number of nitrogens with zero attached hydrogens (tertiary/aromatic N) is 2. The first-order valence-corrected chi connectivity index (χ1v) is 8.17. The fraction of sp³-hybridized carbons (Fsp3) is 0.438. The minimum Gasteiger partial charge on any atom is -0.302 e. The van der Waals surface area contributed by atoms with E-state index in [1.807, 2.05) is 29.0 Å². The summed E-state index contributed by atoms with van der Waals surface area (Å²) in [5, 5.41) is 1.91. The van der Waals surface area contributed by atoms with Crippen molar-refractivity contribution in [2.45, 2.75) is 32.4 Å². The molecule has 0 amide bonds. The van der Waals surface area contributed by atoms with E-state index in [4.69, 9.17) is 0 Å². The van der Waals surface area contributed by atoms with Crippen LogP contribution >= 0.6 is 11.3 Å². The maximum atomic E-state index is 13.0. The number of thiazole rings is 1. The van der Waals surface area contributed by atoms with E-state index in [2.05, 4.69) is 4.90 Å². The van der Waals surface area contributed by atoms with Gasteiger partial charge in [0.2, 0.25) is 0 Å². The molecule has 1 aromatic heterocycles. The lowest BCUT2D eigenvalue weighted by molar-refractivity contribution is 0.245. The van der Waals surface area contributed by atoms with Gasteiger partial charge in [0.05, 0.1) is 0 Å². The van der Waals surface area contributed by atoms with Crippen LogP contribution in [0.5, 0.6) is 0 Å². The van der Waals surface area contributed by atoms with E-state index in [-0.39, 0.29) is 10.7 Å². The van der Waals surface area contributed by atoms with Crippen LogP contribution in [-0.4, -0.2) is 22.6 Å². The van der Waals surface area contributed by atoms with Crippen molar-refractivity contribution >= 4 is 11.3 Å². The van der Waals surface area contributed by atoms with Crippen LogP contribution in [-0.2, 0) is 6.54 Å². The first-order valence-electron chi connectivity index (χ1n) is 7.29. The summed E-state index contributed by atoms with van der Waals surface area (Å²) in [7, 11) is 0. The summed E-state index contributed by atoms with van der Waals surface area (Å²) < 4.78 is 14.9. The zero-order chi connectivity index (χ0) is 14.8. The summed E-state index contributed by atoms with van der Waals surface area (Å²) >= 11 is 1.26. The molecule has 0 spiro atoms. The molecule has 0 N–H and O–H groups in total. The van der Waals surface area contributed by atoms with Gasteiger partial charge < -0.3 is 4.57 Å². The number of halogens is 1. The second kappa shape index (κ2) is 6.12. The highest BCUT2D eigenvalue weighted by Crippen LogP contribution is 2.31. The zero-order valence-electron chi connectivity index (χ0n) is 12.1. The number of benzene rings is 1. The monoisotopic (exact) mass is 306 g/mol. The Kier molecular flexibility index (Phi) is 4.22. The third-order valence-corrected chi connectivity index (χ3v) is 5.09. The van der Waals surface area contributed by atoms with E-state index in [0.717, 1.165) is 38.2 Å². The van der Waals surface area contributed by atoms with E-state index in [1.165, 1.54) is 29.0 Å². The molecule has 1 aromatic carbocycles. The standard InChI is InChI=1S/C16H19FN2OS/c1-12-11-21-16(20)19(12)10-9-18-8-2-3-15(18)13-4-6-14(17)7-5-13/h4-7,11,15H,2-3,8-10H2,1H3. The first kappa shape index (κ1) is 14.5. The van der Waals surface area contributed by atoms with E-state index < -0.39 is 0 Å². The Morgan fingerprint density at radius 3 is 2.71 bits per heavy atom. The fourth-order valence-corrected chi connectivity index (χ4v) is 3.82. The van der Waals surface area contributed by atoms with Crippen molar-refractivity contribution in [3.05, 3.63) is 56.4 Å². The lowest BCUT2D eigenvalue weighted by Crippen LogP contribution is -2.29. The lowest BCUT2D eigenvalue weighted by Gasteiger charge is -2.25. The molecule has 0 radical (unpaired) electrons. The third-order valence-electron chi connectivity index (χ3n) is 4.21. The SMILES string of the molecule is Cc1csc(=O)n1CCN1CCCC1c1ccc(F)cc1. The summed E-state index contributed by atoms with van der Waals surface area (Å²) in [6.07, 6.45) is 2.25. The average molecular weight is 306 g/mol. The van der Waals surface area contributed by atoms with Gasteiger partial charge in [-0.3, -0.25) is 9.69 Å². The van der Waals surface area contributed by atoms with Crippen molar-refractivity contribution in [1.29, 1.82) is 0 Å². The van der Waals surface area contributed by atoms with Crippen LogP contribution in [0.3, 0.4) is 0 Å². The van der Waals surface area contributed by atoms with Gasteiger partial charge in [-0.05, 0) is 44.0 Å². The molecule has 1 unspecified atom stereocenters. The molecule has 1 aliphatic heterocycles. The highest BCUT2D eigenvalue weighted by atomic mass is 32.1. The van der Waals surface area contributed by atoms with Crippen molar-refractivity contribution in [2.24, 2.45) is 0 Å². The van der Waals surface area contributed by atoms with Gasteiger partial charge >= 0.3 is 4.87 Å². The topological polar surface area (TPSA) is 25.2 Å². The van der Waals surface area contributed by atoms with Crippen LogP contribution in [0.1, 0.15) is 30.1 Å². The normalized spacial score (nSPS) is 19.2. The Morgan fingerprint density at radius 2 is 2.05 bits per heavy atom. The predicted octanol–water partition coefficient (Wildman–Crippen LogP) is 3.19. The third kappa shape index (κ3) is 3.09. The molecule has 2 heterocycles. The van der Waals surface area contributed by atoms with Crippen LogP contribution in [0.2, 0.25) is 0 Å². The summed E-state index contributed by atoms with van der Waals surface area (Å²) in [6, 6.07) is 7.15. The minimum absolute atomic E-state index is 0.116. The summed E-state index contributed by atoms with van der Waals surface area (Å²) in [4.78, 5) is 14.3. The zero-order valence-corrected chi connectivity index (χ0v) is 12.9. The number of rotatable bonds is 4. The lowest BCUT2D eigenvalue weighted by atomic mass is 10.0. The minimum atomic E-state index is -0.191. The summed E-state index contributed by atoms with van der Waals surface area (Å²) in [5.74, 6) is -0.191. The molecule has 0 saturated carbocycles. The summed E-state index contributed by atoms with van der Waals surface area (Å²) in [6.45, 7) is 4.60. The second-order valence-corrected chi connectivity index (χ2v) is 6.36. The second-order valence-electron chi connectivity index (χ2n) is 5.54. The maximum absolute atomic E-state index is 13.0. The molecule has 3 rings (SSSR count). The van der Waals surface area contributed by atoms with Gasteiger partial charge in [-0.1, -0.05) is 23.5 Å². The quantitative estimate of drug-likeness (QED) is 0.867. The molecule has 1 aliphatic rings. The van der Waals surface area contributed by atoms with Gasteiger partial charge in [-0.2, -0.15) is 0 Å². The molecule has 5 heteroatoms. The molecule has 3 nitrogen and oxygen atoms in total. The van der Waals surface area contributed by atoms with Gasteiger partial charge in [-0.15, -0.1) is 0 Å². The maximum Gasteiger partial charge on any atom is 0.307 e. The molecule has 0 aliphatic carbocycles. The van der Waals surface area contributed by atoms with Crippen LogP contribution in [0, 0.1) is 12.7 Å². The Balaban J connectivity index is 1.70. The fourth-order valence-electron chi connectivity index (χ4n) is 3.06. The Hall–Kier alpha value is -1.46. The average Bonchev–Trinajstić information content (AvgIpc) is 3.06. The van der Waals surface area contributed by atoms with Crippen LogP contribution in [0.4, 0.5) is 4.39 Å². The van der Waals surface area contributed by atoms with Crippen molar-refractivity contribution < 1.29 is 4.39 Å². The molecule has 2 aromatic rings. The highest BCUT2D eigenvalue weighted by molar-refractivity contribution is 7.07. The number of aromatic nitrogens is 1. The van der Waals surface area contributed by atoms with Crippen molar-refractivity contribution in [3.63, 3.8) is 0 Å². The van der Waals surface area contributed by atoms with Crippen molar-refractivity contribution in [2.75, 3.05) is 13.1 Å². The van der Waals surface area contributed by atoms with E-state index >= 15 is 0 Å². The van der Waals surface area contributed by atoms with E-state index in [1.54, 1.807) is 0 Å². The first-order chi connectivity index (χ1) is 10.1. The number of aryl methyl sites for hydroxylation is 1. The smallest absolute Gasteiger partial charge is 0.302 e. The Labute approximate surface area is 127 Å². The molecule has 112 valence electrons. The Bertz CT molecular complexity index is 662. The van der Waals surface area contributed by atoms with Crippen LogP contribution in [0.15, 0.2) is 34.4 Å². The van der Waals surface area contributed by atoms with Crippen molar-refractivity contribution in [1.82, 2.24) is 9.47 Å². The van der Waals surface area contributed by atoms with Gasteiger partial charge in [0.1, 0.15) is 5.82 Å². The summed E-state index contributed by atoms with van der Waals surface area (Å²) in [5.41, 5.74) is 2.20. The Morgan fingerprint density at radius 1 is 1.29 bits per heavy atom. The molecule has 0 bridgehead atoms.